The Morgan fingerprint density at radius 1 is 0.974 bits per heavy atom. The Labute approximate surface area is 224 Å². The third-order valence-corrected chi connectivity index (χ3v) is 9.23. The van der Waals surface area contributed by atoms with Crippen molar-refractivity contribution in [2.45, 2.75) is 30.6 Å². The molecule has 1 fully saturated rings. The Bertz CT molecular complexity index is 1660. The van der Waals surface area contributed by atoms with Gasteiger partial charge in [-0.2, -0.15) is 0 Å². The van der Waals surface area contributed by atoms with Crippen molar-refractivity contribution in [1.29, 1.82) is 0 Å². The lowest BCUT2D eigenvalue weighted by Crippen LogP contribution is -2.21. The first-order valence-corrected chi connectivity index (χ1v) is 14.6. The number of thiazole rings is 1. The van der Waals surface area contributed by atoms with Gasteiger partial charge in [0.1, 0.15) is 11.1 Å². The standard InChI is InChI=1S/C28H25N5O3S2/c34-26-16-25(38(35,36)33-26)20-12-10-19(11-13-20)15-24(27-30-22-8-4-5-9-23(22)31-27)32-28-29-17-21(37-28)14-18-6-2-1-3-7-18/h1-13,17,24-25H,14-16H2,(H,29,32)(H,30,31)(H,33,34)/t24-,25?/m0/s1. The summed E-state index contributed by atoms with van der Waals surface area (Å²) in [5, 5.41) is 3.51. The number of aromatic amines is 1. The first-order valence-electron chi connectivity index (χ1n) is 12.3. The maximum atomic E-state index is 12.3. The van der Waals surface area contributed by atoms with Gasteiger partial charge in [0, 0.05) is 17.5 Å². The molecule has 6 rings (SSSR count). The fourth-order valence-corrected chi connectivity index (χ4v) is 7.03. The third kappa shape index (κ3) is 5.18. The second-order valence-electron chi connectivity index (χ2n) is 9.34. The molecule has 2 aromatic heterocycles. The smallest absolute Gasteiger partial charge is 0.242 e. The highest BCUT2D eigenvalue weighted by molar-refractivity contribution is 7.90. The number of anilines is 1. The van der Waals surface area contributed by atoms with Gasteiger partial charge in [-0.25, -0.2) is 18.4 Å². The number of aromatic nitrogens is 3. The minimum Gasteiger partial charge on any atom is -0.351 e. The van der Waals surface area contributed by atoms with Crippen LogP contribution in [0.2, 0.25) is 0 Å². The minimum atomic E-state index is -3.68. The van der Waals surface area contributed by atoms with E-state index in [1.165, 1.54) is 5.56 Å². The molecule has 0 spiro atoms. The first-order chi connectivity index (χ1) is 18.4. The molecule has 2 atom stereocenters. The van der Waals surface area contributed by atoms with E-state index >= 15 is 0 Å². The summed E-state index contributed by atoms with van der Waals surface area (Å²) in [6.07, 6.45) is 3.27. The van der Waals surface area contributed by atoms with Crippen molar-refractivity contribution in [2.75, 3.05) is 5.32 Å². The summed E-state index contributed by atoms with van der Waals surface area (Å²) in [6.45, 7) is 0. The molecule has 0 radical (unpaired) electrons. The molecule has 192 valence electrons. The predicted molar refractivity (Wildman–Crippen MR) is 148 cm³/mol. The van der Waals surface area contributed by atoms with Gasteiger partial charge in [0.25, 0.3) is 0 Å². The number of nitrogens with one attached hydrogen (secondary N) is 3. The number of carbonyl (C=O) groups is 1. The molecule has 3 heterocycles. The molecule has 1 aliphatic heterocycles. The molecular weight excluding hydrogens is 518 g/mol. The Morgan fingerprint density at radius 3 is 2.47 bits per heavy atom. The van der Waals surface area contributed by atoms with E-state index < -0.39 is 21.2 Å². The van der Waals surface area contributed by atoms with Crippen molar-refractivity contribution in [2.24, 2.45) is 0 Å². The first kappa shape index (κ1) is 24.3. The summed E-state index contributed by atoms with van der Waals surface area (Å²) < 4.78 is 26.6. The largest absolute Gasteiger partial charge is 0.351 e. The summed E-state index contributed by atoms with van der Waals surface area (Å²) in [7, 11) is -3.68. The normalized spacial score (nSPS) is 17.4. The summed E-state index contributed by atoms with van der Waals surface area (Å²) in [5.74, 6) is 0.326. The van der Waals surface area contributed by atoms with Crippen LogP contribution in [-0.2, 0) is 27.7 Å². The highest BCUT2D eigenvalue weighted by Gasteiger charge is 2.37. The second-order valence-corrected chi connectivity index (χ2v) is 12.3. The molecule has 3 N–H and O–H groups in total. The van der Waals surface area contributed by atoms with Crippen molar-refractivity contribution in [3.63, 3.8) is 0 Å². The Kier molecular flexibility index (Phi) is 6.42. The van der Waals surface area contributed by atoms with E-state index in [4.69, 9.17) is 4.98 Å². The van der Waals surface area contributed by atoms with E-state index in [1.54, 1.807) is 23.5 Å². The summed E-state index contributed by atoms with van der Waals surface area (Å²) >= 11 is 1.62. The number of para-hydroxylation sites is 2. The average Bonchev–Trinajstić information content (AvgIpc) is 3.61. The van der Waals surface area contributed by atoms with E-state index in [0.717, 1.165) is 38.9 Å². The summed E-state index contributed by atoms with van der Waals surface area (Å²) in [5.41, 5.74) is 4.68. The highest BCUT2D eigenvalue weighted by Crippen LogP contribution is 2.32. The lowest BCUT2D eigenvalue weighted by Gasteiger charge is -2.17. The van der Waals surface area contributed by atoms with Crippen LogP contribution in [0.3, 0.4) is 0 Å². The van der Waals surface area contributed by atoms with Gasteiger partial charge in [0.2, 0.25) is 15.9 Å². The van der Waals surface area contributed by atoms with E-state index in [-0.39, 0.29) is 12.5 Å². The molecule has 1 saturated heterocycles. The van der Waals surface area contributed by atoms with Crippen LogP contribution in [0.4, 0.5) is 5.13 Å². The average molecular weight is 544 g/mol. The Hall–Kier alpha value is -4.02. The number of sulfonamides is 1. The maximum absolute atomic E-state index is 12.3. The monoisotopic (exact) mass is 543 g/mol. The fourth-order valence-electron chi connectivity index (χ4n) is 4.71. The van der Waals surface area contributed by atoms with Gasteiger partial charge in [-0.05, 0) is 35.2 Å². The predicted octanol–water partition coefficient (Wildman–Crippen LogP) is 4.90. The number of nitrogens with zero attached hydrogens (tertiary/aromatic N) is 2. The van der Waals surface area contributed by atoms with Crippen LogP contribution in [0.1, 0.15) is 45.1 Å². The molecule has 8 nitrogen and oxygen atoms in total. The number of hydrogen-bond donors (Lipinski definition) is 3. The van der Waals surface area contributed by atoms with Crippen LogP contribution >= 0.6 is 11.3 Å². The van der Waals surface area contributed by atoms with Crippen molar-refractivity contribution in [1.82, 2.24) is 19.7 Å². The van der Waals surface area contributed by atoms with Crippen molar-refractivity contribution in [3.05, 3.63) is 112 Å². The molecule has 0 bridgehead atoms. The van der Waals surface area contributed by atoms with Crippen LogP contribution in [0.15, 0.2) is 85.1 Å². The Balaban J connectivity index is 1.25. The third-order valence-electron chi connectivity index (χ3n) is 6.60. The van der Waals surface area contributed by atoms with Crippen molar-refractivity contribution in [3.8, 4) is 0 Å². The summed E-state index contributed by atoms with van der Waals surface area (Å²) in [4.78, 5) is 25.7. The van der Waals surface area contributed by atoms with Crippen LogP contribution < -0.4 is 10.0 Å². The van der Waals surface area contributed by atoms with Crippen LogP contribution in [0.5, 0.6) is 0 Å². The van der Waals surface area contributed by atoms with Gasteiger partial charge in [-0.3, -0.25) is 9.52 Å². The van der Waals surface area contributed by atoms with Gasteiger partial charge >= 0.3 is 0 Å². The van der Waals surface area contributed by atoms with Crippen LogP contribution in [0, 0.1) is 0 Å². The van der Waals surface area contributed by atoms with Gasteiger partial charge in [-0.1, -0.05) is 66.7 Å². The van der Waals surface area contributed by atoms with Crippen molar-refractivity contribution < 1.29 is 13.2 Å². The zero-order chi connectivity index (χ0) is 26.1. The molecule has 38 heavy (non-hydrogen) atoms. The number of rotatable bonds is 8. The lowest BCUT2D eigenvalue weighted by molar-refractivity contribution is -0.118. The lowest BCUT2D eigenvalue weighted by atomic mass is 10.0. The number of H-pyrrole nitrogens is 1. The fraction of sp³-hybridized carbons (Fsp3) is 0.179. The van der Waals surface area contributed by atoms with Gasteiger partial charge in [-0.15, -0.1) is 11.3 Å². The Morgan fingerprint density at radius 2 is 1.74 bits per heavy atom. The molecule has 1 amide bonds. The molecule has 10 heteroatoms. The van der Waals surface area contributed by atoms with Gasteiger partial charge in [0.15, 0.2) is 5.13 Å². The molecule has 1 unspecified atom stereocenters. The quantitative estimate of drug-likeness (QED) is 0.256. The number of fused-ring (bicyclic) bond motifs is 1. The number of benzene rings is 3. The van der Waals surface area contributed by atoms with Crippen LogP contribution in [-0.4, -0.2) is 29.3 Å². The molecule has 1 aliphatic rings. The molecule has 5 aromatic rings. The molecule has 0 saturated carbocycles. The zero-order valence-corrected chi connectivity index (χ0v) is 21.9. The molecule has 0 aliphatic carbocycles. The number of imidazole rings is 1. The van der Waals surface area contributed by atoms with Gasteiger partial charge in [0.05, 0.1) is 23.5 Å². The van der Waals surface area contributed by atoms with E-state index in [9.17, 15) is 13.2 Å². The van der Waals surface area contributed by atoms with Crippen LogP contribution in [0.25, 0.3) is 11.0 Å². The van der Waals surface area contributed by atoms with E-state index in [1.807, 2.05) is 60.8 Å². The second kappa shape index (κ2) is 10.0. The van der Waals surface area contributed by atoms with E-state index in [0.29, 0.717) is 12.0 Å². The minimum absolute atomic E-state index is 0.0554. The zero-order valence-electron chi connectivity index (χ0n) is 20.3. The summed E-state index contributed by atoms with van der Waals surface area (Å²) in [6, 6.07) is 25.4. The highest BCUT2D eigenvalue weighted by atomic mass is 32.2. The molecule has 3 aromatic carbocycles. The SMILES string of the molecule is O=C1CC(c2ccc(C[C@H](Nc3ncc(Cc4ccccc4)s3)c3nc4ccccc4[nH]3)cc2)S(=O)(=O)N1. The van der Waals surface area contributed by atoms with E-state index in [2.05, 4.69) is 32.1 Å². The number of hydrogen-bond acceptors (Lipinski definition) is 7. The van der Waals surface area contributed by atoms with Crippen molar-refractivity contribution >= 4 is 43.4 Å². The topological polar surface area (TPSA) is 117 Å². The van der Waals surface area contributed by atoms with Gasteiger partial charge < -0.3 is 10.3 Å². The number of carbonyl (C=O) groups excluding carboxylic acids is 1. The maximum Gasteiger partial charge on any atom is 0.242 e. The number of amides is 1. The molecular formula is C28H25N5O3S2.